The third kappa shape index (κ3) is 4.62. The van der Waals surface area contributed by atoms with Crippen LogP contribution in [0.15, 0.2) is 42.5 Å². The maximum absolute atomic E-state index is 12.4. The molecular weight excluding hydrogens is 344 g/mol. The molecule has 7 heteroatoms. The summed E-state index contributed by atoms with van der Waals surface area (Å²) in [4.78, 5) is 27.1. The molecule has 3 rings (SSSR count). The van der Waals surface area contributed by atoms with Crippen molar-refractivity contribution in [3.63, 3.8) is 0 Å². The van der Waals surface area contributed by atoms with Gasteiger partial charge in [0, 0.05) is 49.7 Å². The highest BCUT2D eigenvalue weighted by Gasteiger charge is 2.20. The molecule has 0 unspecified atom stereocenters. The molecule has 1 fully saturated rings. The number of non-ortho nitro benzene ring substituents is 1. The monoisotopic (exact) mass is 368 g/mol. The summed E-state index contributed by atoms with van der Waals surface area (Å²) < 4.78 is 0. The Morgan fingerprint density at radius 1 is 1.04 bits per heavy atom. The first kappa shape index (κ1) is 18.8. The van der Waals surface area contributed by atoms with Gasteiger partial charge >= 0.3 is 0 Å². The van der Waals surface area contributed by atoms with Crippen molar-refractivity contribution in [2.45, 2.75) is 13.8 Å². The second kappa shape index (κ2) is 8.18. The number of nitrogens with one attached hydrogen (secondary N) is 1. The van der Waals surface area contributed by atoms with Crippen molar-refractivity contribution in [2.75, 3.05) is 42.9 Å². The Bertz CT molecular complexity index is 807. The lowest BCUT2D eigenvalue weighted by Crippen LogP contribution is -2.48. The lowest BCUT2D eigenvalue weighted by Gasteiger charge is -2.35. The van der Waals surface area contributed by atoms with Gasteiger partial charge in [0.05, 0.1) is 11.5 Å². The minimum absolute atomic E-state index is 0.00353. The van der Waals surface area contributed by atoms with E-state index in [1.165, 1.54) is 12.1 Å². The van der Waals surface area contributed by atoms with Crippen molar-refractivity contribution in [3.8, 4) is 0 Å². The second-order valence-corrected chi connectivity index (χ2v) is 6.85. The van der Waals surface area contributed by atoms with E-state index in [9.17, 15) is 14.9 Å². The van der Waals surface area contributed by atoms with E-state index in [-0.39, 0.29) is 11.6 Å². The first-order chi connectivity index (χ1) is 12.9. The number of carbonyl (C=O) groups is 1. The van der Waals surface area contributed by atoms with Crippen molar-refractivity contribution in [3.05, 3.63) is 63.7 Å². The molecule has 0 saturated carbocycles. The van der Waals surface area contributed by atoms with Gasteiger partial charge in [-0.15, -0.1) is 0 Å². The SMILES string of the molecule is Cc1cccc(C)c1NC(=O)CN1CCN(c2ccc([N+](=O)[O-])cc2)CC1. The summed E-state index contributed by atoms with van der Waals surface area (Å²) in [7, 11) is 0. The van der Waals surface area contributed by atoms with Crippen LogP contribution in [0.3, 0.4) is 0 Å². The zero-order valence-corrected chi connectivity index (χ0v) is 15.6. The van der Waals surface area contributed by atoms with Crippen LogP contribution < -0.4 is 10.2 Å². The van der Waals surface area contributed by atoms with Crippen molar-refractivity contribution in [1.82, 2.24) is 4.90 Å². The first-order valence-corrected chi connectivity index (χ1v) is 9.02. The molecule has 2 aromatic carbocycles. The summed E-state index contributed by atoms with van der Waals surface area (Å²) >= 11 is 0. The lowest BCUT2D eigenvalue weighted by molar-refractivity contribution is -0.384. The normalized spacial score (nSPS) is 14.8. The molecule has 1 N–H and O–H groups in total. The van der Waals surface area contributed by atoms with Gasteiger partial charge in [-0.2, -0.15) is 0 Å². The van der Waals surface area contributed by atoms with Gasteiger partial charge in [-0.25, -0.2) is 0 Å². The molecule has 1 aliphatic heterocycles. The van der Waals surface area contributed by atoms with Crippen LogP contribution in [-0.4, -0.2) is 48.5 Å². The average molecular weight is 368 g/mol. The fourth-order valence-electron chi connectivity index (χ4n) is 3.34. The van der Waals surface area contributed by atoms with Crippen LogP contribution in [0, 0.1) is 24.0 Å². The fraction of sp³-hybridized carbons (Fsp3) is 0.350. The first-order valence-electron chi connectivity index (χ1n) is 9.02. The number of rotatable bonds is 5. The van der Waals surface area contributed by atoms with Crippen molar-refractivity contribution in [1.29, 1.82) is 0 Å². The fourth-order valence-corrected chi connectivity index (χ4v) is 3.34. The zero-order chi connectivity index (χ0) is 19.4. The maximum atomic E-state index is 12.4. The molecule has 7 nitrogen and oxygen atoms in total. The summed E-state index contributed by atoms with van der Waals surface area (Å²) in [5, 5.41) is 13.8. The number of anilines is 2. The second-order valence-electron chi connectivity index (χ2n) is 6.85. The smallest absolute Gasteiger partial charge is 0.269 e. The number of hydrogen-bond acceptors (Lipinski definition) is 5. The molecule has 0 bridgehead atoms. The maximum Gasteiger partial charge on any atom is 0.269 e. The molecular formula is C20H24N4O3. The Hall–Kier alpha value is -2.93. The van der Waals surface area contributed by atoms with Crippen LogP contribution in [0.5, 0.6) is 0 Å². The lowest BCUT2D eigenvalue weighted by atomic mass is 10.1. The average Bonchev–Trinajstić information content (AvgIpc) is 2.65. The minimum atomic E-state index is -0.392. The molecule has 1 saturated heterocycles. The van der Waals surface area contributed by atoms with Crippen LogP contribution >= 0.6 is 0 Å². The van der Waals surface area contributed by atoms with E-state index >= 15 is 0 Å². The molecule has 142 valence electrons. The third-order valence-electron chi connectivity index (χ3n) is 4.91. The number of para-hydroxylation sites is 1. The molecule has 0 radical (unpaired) electrons. The molecule has 1 heterocycles. The van der Waals surface area contributed by atoms with Gasteiger partial charge in [-0.1, -0.05) is 18.2 Å². The Labute approximate surface area is 158 Å². The summed E-state index contributed by atoms with van der Waals surface area (Å²) in [6.45, 7) is 7.47. The molecule has 2 aromatic rings. The molecule has 27 heavy (non-hydrogen) atoms. The number of aryl methyl sites for hydroxylation is 2. The molecule has 0 spiro atoms. The predicted molar refractivity (Wildman–Crippen MR) is 106 cm³/mol. The highest BCUT2D eigenvalue weighted by atomic mass is 16.6. The van der Waals surface area contributed by atoms with E-state index in [0.29, 0.717) is 6.54 Å². The number of piperazine rings is 1. The van der Waals surface area contributed by atoms with Gasteiger partial charge in [0.15, 0.2) is 0 Å². The Balaban J connectivity index is 1.52. The van der Waals surface area contributed by atoms with Gasteiger partial charge in [0.25, 0.3) is 5.69 Å². The van der Waals surface area contributed by atoms with Crippen LogP contribution in [0.25, 0.3) is 0 Å². The Morgan fingerprint density at radius 3 is 2.19 bits per heavy atom. The number of nitro benzene ring substituents is 1. The van der Waals surface area contributed by atoms with Gasteiger partial charge < -0.3 is 10.2 Å². The number of nitro groups is 1. The van der Waals surface area contributed by atoms with E-state index in [1.807, 2.05) is 32.0 Å². The number of benzene rings is 2. The minimum Gasteiger partial charge on any atom is -0.369 e. The summed E-state index contributed by atoms with van der Waals surface area (Å²) in [5.74, 6) is -0.00353. The van der Waals surface area contributed by atoms with Crippen LogP contribution in [-0.2, 0) is 4.79 Å². The van der Waals surface area contributed by atoms with Crippen molar-refractivity contribution in [2.24, 2.45) is 0 Å². The van der Waals surface area contributed by atoms with E-state index in [2.05, 4.69) is 15.1 Å². The van der Waals surface area contributed by atoms with Gasteiger partial charge in [-0.3, -0.25) is 19.8 Å². The molecule has 1 aliphatic rings. The van der Waals surface area contributed by atoms with Gasteiger partial charge in [-0.05, 0) is 37.1 Å². The van der Waals surface area contributed by atoms with E-state index in [1.54, 1.807) is 12.1 Å². The van der Waals surface area contributed by atoms with Gasteiger partial charge in [0.1, 0.15) is 0 Å². The Kier molecular flexibility index (Phi) is 5.71. The van der Waals surface area contributed by atoms with Crippen molar-refractivity contribution >= 4 is 23.0 Å². The van der Waals surface area contributed by atoms with Crippen LogP contribution in [0.2, 0.25) is 0 Å². The van der Waals surface area contributed by atoms with Crippen molar-refractivity contribution < 1.29 is 9.72 Å². The molecule has 0 aromatic heterocycles. The highest BCUT2D eigenvalue weighted by Crippen LogP contribution is 2.21. The zero-order valence-electron chi connectivity index (χ0n) is 15.6. The number of hydrogen-bond donors (Lipinski definition) is 1. The number of carbonyl (C=O) groups excluding carboxylic acids is 1. The van der Waals surface area contributed by atoms with E-state index < -0.39 is 4.92 Å². The molecule has 1 amide bonds. The predicted octanol–water partition coefficient (Wildman–Crippen LogP) is 2.97. The summed E-state index contributed by atoms with van der Waals surface area (Å²) in [6.07, 6.45) is 0. The number of amides is 1. The Morgan fingerprint density at radius 2 is 1.63 bits per heavy atom. The largest absolute Gasteiger partial charge is 0.369 e. The third-order valence-corrected chi connectivity index (χ3v) is 4.91. The summed E-state index contributed by atoms with van der Waals surface area (Å²) in [6, 6.07) is 12.6. The topological polar surface area (TPSA) is 78.7 Å². The van der Waals surface area contributed by atoms with Crippen LogP contribution in [0.1, 0.15) is 11.1 Å². The van der Waals surface area contributed by atoms with Gasteiger partial charge in [0.2, 0.25) is 5.91 Å². The van der Waals surface area contributed by atoms with Crippen LogP contribution in [0.4, 0.5) is 17.1 Å². The van der Waals surface area contributed by atoms with E-state index in [4.69, 9.17) is 0 Å². The van der Waals surface area contributed by atoms with E-state index in [0.717, 1.165) is 48.7 Å². The standard InChI is InChI=1S/C20H24N4O3/c1-15-4-3-5-16(2)20(15)21-19(25)14-22-10-12-23(13-11-22)17-6-8-18(9-7-17)24(26)27/h3-9H,10-14H2,1-2H3,(H,21,25). The quantitative estimate of drug-likeness (QED) is 0.648. The summed E-state index contributed by atoms with van der Waals surface area (Å²) in [5.41, 5.74) is 4.09. The highest BCUT2D eigenvalue weighted by molar-refractivity contribution is 5.93. The molecule has 0 atom stereocenters. The number of nitrogens with zero attached hydrogens (tertiary/aromatic N) is 3. The molecule has 0 aliphatic carbocycles.